The van der Waals surface area contributed by atoms with E-state index in [9.17, 15) is 4.79 Å². The van der Waals surface area contributed by atoms with Crippen LogP contribution in [-0.4, -0.2) is 27.1 Å². The Balaban J connectivity index is 3.52. The molecule has 0 aliphatic rings. The number of Topliss-reactive ketones (excluding diaryl/α,β-unsaturated/α-hetero) is 1. The maximum absolute atomic E-state index is 11.4. The Morgan fingerprint density at radius 3 is 1.94 bits per heavy atom. The Hall–Kier alpha value is -0.450. The van der Waals surface area contributed by atoms with Crippen molar-refractivity contribution in [3.8, 4) is 0 Å². The van der Waals surface area contributed by atoms with Gasteiger partial charge in [-0.3, -0.25) is 4.79 Å². The van der Waals surface area contributed by atoms with E-state index in [0.29, 0.717) is 6.42 Å². The highest BCUT2D eigenvalue weighted by Gasteiger charge is 2.33. The second kappa shape index (κ2) is 8.61. The van der Waals surface area contributed by atoms with Gasteiger partial charge >= 0.3 is 0 Å². The fourth-order valence-corrected chi connectivity index (χ4v) is 1.69. The number of carbonyl (C=O) groups excluding carboxylic acids is 1. The van der Waals surface area contributed by atoms with Crippen molar-refractivity contribution in [1.29, 1.82) is 0 Å². The van der Waals surface area contributed by atoms with Gasteiger partial charge in [-0.1, -0.05) is 45.4 Å². The summed E-state index contributed by atoms with van der Waals surface area (Å²) in [6, 6.07) is 0. The van der Waals surface area contributed by atoms with Crippen molar-refractivity contribution in [3.05, 3.63) is 0 Å². The summed E-state index contributed by atoms with van der Waals surface area (Å²) < 4.78 is 0. The van der Waals surface area contributed by atoms with Gasteiger partial charge in [0.25, 0.3) is 5.97 Å². The average molecular weight is 246 g/mol. The lowest BCUT2D eigenvalue weighted by molar-refractivity contribution is -0.331. The second-order valence-electron chi connectivity index (χ2n) is 4.75. The van der Waals surface area contributed by atoms with Crippen molar-refractivity contribution in [2.24, 2.45) is 5.92 Å². The molecule has 17 heavy (non-hydrogen) atoms. The molecule has 0 fully saturated rings. The van der Waals surface area contributed by atoms with E-state index in [1.165, 1.54) is 32.6 Å². The first-order valence-electron chi connectivity index (χ1n) is 6.59. The van der Waals surface area contributed by atoms with Gasteiger partial charge in [-0.25, -0.2) is 0 Å². The van der Waals surface area contributed by atoms with Gasteiger partial charge in [-0.05, 0) is 13.3 Å². The molecule has 0 spiro atoms. The minimum Gasteiger partial charge on any atom is -0.343 e. The monoisotopic (exact) mass is 246 g/mol. The van der Waals surface area contributed by atoms with Gasteiger partial charge < -0.3 is 15.3 Å². The van der Waals surface area contributed by atoms with Crippen molar-refractivity contribution in [1.82, 2.24) is 0 Å². The fraction of sp³-hybridized carbons (Fsp3) is 0.923. The lowest BCUT2D eigenvalue weighted by atomic mass is 9.98. The third-order valence-corrected chi connectivity index (χ3v) is 3.09. The molecule has 0 radical (unpaired) electrons. The molecular formula is C13H26O4. The Morgan fingerprint density at radius 1 is 1.00 bits per heavy atom. The molecule has 0 aromatic rings. The van der Waals surface area contributed by atoms with Crippen molar-refractivity contribution in [2.45, 2.75) is 71.2 Å². The first-order valence-corrected chi connectivity index (χ1v) is 6.59. The molecule has 4 heteroatoms. The second-order valence-corrected chi connectivity index (χ2v) is 4.75. The van der Waals surface area contributed by atoms with Gasteiger partial charge in [-0.2, -0.15) is 0 Å². The Kier molecular flexibility index (Phi) is 8.39. The molecule has 3 N–H and O–H groups in total. The number of hydrogen-bond donors (Lipinski definition) is 3. The molecule has 0 saturated heterocycles. The summed E-state index contributed by atoms with van der Waals surface area (Å²) in [5.41, 5.74) is 0. The van der Waals surface area contributed by atoms with Crippen molar-refractivity contribution in [3.63, 3.8) is 0 Å². The quantitative estimate of drug-likeness (QED) is 0.407. The molecule has 0 saturated carbocycles. The largest absolute Gasteiger partial charge is 0.343 e. The number of aliphatic hydroxyl groups is 3. The summed E-state index contributed by atoms with van der Waals surface area (Å²) >= 11 is 0. The van der Waals surface area contributed by atoms with E-state index in [4.69, 9.17) is 15.3 Å². The van der Waals surface area contributed by atoms with Gasteiger partial charge in [0.15, 0.2) is 0 Å². The molecule has 4 nitrogen and oxygen atoms in total. The Morgan fingerprint density at radius 2 is 1.47 bits per heavy atom. The predicted octanol–water partition coefficient (Wildman–Crippen LogP) is 1.96. The lowest BCUT2D eigenvalue weighted by Gasteiger charge is -2.20. The summed E-state index contributed by atoms with van der Waals surface area (Å²) in [6.07, 6.45) is 8.08. The topological polar surface area (TPSA) is 77.8 Å². The van der Waals surface area contributed by atoms with Crippen LogP contribution in [0.3, 0.4) is 0 Å². The molecule has 102 valence electrons. The van der Waals surface area contributed by atoms with Crippen LogP contribution in [0.25, 0.3) is 0 Å². The van der Waals surface area contributed by atoms with Crippen molar-refractivity contribution in [2.75, 3.05) is 0 Å². The molecule has 1 unspecified atom stereocenters. The summed E-state index contributed by atoms with van der Waals surface area (Å²) in [5.74, 6) is -4.31. The first-order chi connectivity index (χ1) is 7.89. The molecule has 0 aromatic heterocycles. The van der Waals surface area contributed by atoms with Crippen LogP contribution >= 0.6 is 0 Å². The maximum Gasteiger partial charge on any atom is 0.285 e. The highest BCUT2D eigenvalue weighted by Crippen LogP contribution is 2.16. The number of rotatable bonds is 10. The number of ketones is 1. The van der Waals surface area contributed by atoms with Crippen LogP contribution < -0.4 is 0 Å². The molecular weight excluding hydrogens is 220 g/mol. The molecule has 1 atom stereocenters. The normalized spacial score (nSPS) is 13.7. The number of unbranched alkanes of at least 4 members (excludes halogenated alkanes) is 6. The molecule has 0 aromatic carbocycles. The first kappa shape index (κ1) is 16.6. The smallest absolute Gasteiger partial charge is 0.285 e. The molecule has 0 heterocycles. The maximum atomic E-state index is 11.4. The van der Waals surface area contributed by atoms with E-state index in [-0.39, 0.29) is 5.78 Å². The highest BCUT2D eigenvalue weighted by molar-refractivity contribution is 5.81. The van der Waals surface area contributed by atoms with Crippen LogP contribution in [0, 0.1) is 5.92 Å². The SMILES string of the molecule is CCCCCCCCCC(=O)C(C)C(O)(O)O. The lowest BCUT2D eigenvalue weighted by Crippen LogP contribution is -2.40. The van der Waals surface area contributed by atoms with Crippen LogP contribution in [0.5, 0.6) is 0 Å². The van der Waals surface area contributed by atoms with E-state index < -0.39 is 11.9 Å². The van der Waals surface area contributed by atoms with E-state index in [0.717, 1.165) is 19.3 Å². The van der Waals surface area contributed by atoms with Crippen LogP contribution in [-0.2, 0) is 4.79 Å². The van der Waals surface area contributed by atoms with Gasteiger partial charge in [-0.15, -0.1) is 0 Å². The van der Waals surface area contributed by atoms with Crippen LogP contribution in [0.1, 0.15) is 65.2 Å². The summed E-state index contributed by atoms with van der Waals surface area (Å²) in [4.78, 5) is 11.4. The van der Waals surface area contributed by atoms with Gasteiger partial charge in [0, 0.05) is 6.42 Å². The van der Waals surface area contributed by atoms with E-state index >= 15 is 0 Å². The third-order valence-electron chi connectivity index (χ3n) is 3.09. The van der Waals surface area contributed by atoms with Crippen LogP contribution in [0.15, 0.2) is 0 Å². The summed E-state index contributed by atoms with van der Waals surface area (Å²) in [5, 5.41) is 26.5. The molecule has 0 rings (SSSR count). The molecule has 0 aliphatic carbocycles. The molecule has 0 aliphatic heterocycles. The standard InChI is InChI=1S/C13H26O4/c1-3-4-5-6-7-8-9-10-12(14)11(2)13(15,16)17/h11,15-17H,3-10H2,1-2H3. The van der Waals surface area contributed by atoms with Gasteiger partial charge in [0.1, 0.15) is 5.78 Å². The zero-order valence-corrected chi connectivity index (χ0v) is 11.0. The minimum atomic E-state index is -2.88. The van der Waals surface area contributed by atoms with Crippen molar-refractivity contribution < 1.29 is 20.1 Å². The molecule has 0 bridgehead atoms. The fourth-order valence-electron chi connectivity index (χ4n) is 1.69. The number of hydrogen-bond acceptors (Lipinski definition) is 4. The highest BCUT2D eigenvalue weighted by atomic mass is 16.7. The summed E-state index contributed by atoms with van der Waals surface area (Å²) in [7, 11) is 0. The molecule has 0 amide bonds. The zero-order chi connectivity index (χ0) is 13.3. The van der Waals surface area contributed by atoms with E-state index in [1.807, 2.05) is 0 Å². The van der Waals surface area contributed by atoms with Crippen LogP contribution in [0.4, 0.5) is 0 Å². The third kappa shape index (κ3) is 8.30. The van der Waals surface area contributed by atoms with Crippen LogP contribution in [0.2, 0.25) is 0 Å². The Labute approximate surface area is 104 Å². The van der Waals surface area contributed by atoms with Crippen molar-refractivity contribution >= 4 is 5.78 Å². The average Bonchev–Trinajstić information content (AvgIpc) is 2.25. The van der Waals surface area contributed by atoms with Gasteiger partial charge in [0.05, 0.1) is 5.92 Å². The number of carbonyl (C=O) groups is 1. The zero-order valence-electron chi connectivity index (χ0n) is 11.0. The minimum absolute atomic E-state index is 0.300. The predicted molar refractivity (Wildman–Crippen MR) is 66.2 cm³/mol. The summed E-state index contributed by atoms with van der Waals surface area (Å²) in [6.45, 7) is 3.49. The van der Waals surface area contributed by atoms with E-state index in [2.05, 4.69) is 6.92 Å². The Bertz CT molecular complexity index is 208. The van der Waals surface area contributed by atoms with E-state index in [1.54, 1.807) is 0 Å². The van der Waals surface area contributed by atoms with Gasteiger partial charge in [0.2, 0.25) is 0 Å².